The fraction of sp³-hybridized carbons (Fsp3) is 0.400. The zero-order chi connectivity index (χ0) is 10.6. The fourth-order valence-corrected chi connectivity index (χ4v) is 2.25. The third-order valence-corrected chi connectivity index (χ3v) is 2.63. The van der Waals surface area contributed by atoms with Gasteiger partial charge in [-0.25, -0.2) is 0 Å². The minimum absolute atomic E-state index is 0.174. The van der Waals surface area contributed by atoms with Crippen molar-refractivity contribution in [3.05, 3.63) is 27.2 Å². The van der Waals surface area contributed by atoms with E-state index in [2.05, 4.69) is 15.9 Å². The van der Waals surface area contributed by atoms with Crippen molar-refractivity contribution in [2.75, 3.05) is 13.7 Å². The van der Waals surface area contributed by atoms with Gasteiger partial charge in [0.15, 0.2) is 0 Å². The van der Waals surface area contributed by atoms with E-state index < -0.39 is 0 Å². The van der Waals surface area contributed by atoms with E-state index in [-0.39, 0.29) is 6.61 Å². The molecule has 1 aromatic carbocycles. The summed E-state index contributed by atoms with van der Waals surface area (Å²) in [7, 11) is 1.59. The molecule has 78 valence electrons. The second kappa shape index (κ2) is 5.59. The smallest absolute Gasteiger partial charge is 0.140 e. The lowest BCUT2D eigenvalue weighted by Gasteiger charge is -2.10. The van der Waals surface area contributed by atoms with Gasteiger partial charge < -0.3 is 9.84 Å². The maximum atomic E-state index is 8.74. The minimum atomic E-state index is 0.174. The number of rotatable bonds is 4. The number of aliphatic hydroxyl groups is 1. The van der Waals surface area contributed by atoms with Crippen LogP contribution in [0.3, 0.4) is 0 Å². The maximum absolute atomic E-state index is 8.74. The Hall–Kier alpha value is -0.250. The van der Waals surface area contributed by atoms with Crippen LogP contribution in [0.15, 0.2) is 16.6 Å². The number of aliphatic hydroxyl groups excluding tert-OH is 1. The van der Waals surface area contributed by atoms with Crippen LogP contribution in [0.1, 0.15) is 12.0 Å². The average molecular weight is 280 g/mol. The summed E-state index contributed by atoms with van der Waals surface area (Å²) >= 11 is 9.36. The van der Waals surface area contributed by atoms with Gasteiger partial charge in [-0.15, -0.1) is 0 Å². The molecule has 0 aliphatic carbocycles. The third-order valence-electron chi connectivity index (χ3n) is 1.89. The maximum Gasteiger partial charge on any atom is 0.140 e. The summed E-state index contributed by atoms with van der Waals surface area (Å²) in [4.78, 5) is 0. The van der Waals surface area contributed by atoms with Crippen LogP contribution in [0.4, 0.5) is 0 Å². The molecule has 0 radical (unpaired) electrons. The van der Waals surface area contributed by atoms with E-state index in [4.69, 9.17) is 21.4 Å². The number of hydrogen-bond donors (Lipinski definition) is 1. The molecule has 2 nitrogen and oxygen atoms in total. The monoisotopic (exact) mass is 278 g/mol. The second-order valence-corrected chi connectivity index (χ2v) is 4.23. The lowest BCUT2D eigenvalue weighted by Crippen LogP contribution is -1.95. The van der Waals surface area contributed by atoms with Gasteiger partial charge in [0, 0.05) is 11.1 Å². The van der Waals surface area contributed by atoms with Crippen LogP contribution >= 0.6 is 27.5 Å². The van der Waals surface area contributed by atoms with Crippen molar-refractivity contribution in [2.45, 2.75) is 12.8 Å². The van der Waals surface area contributed by atoms with Crippen molar-refractivity contribution in [1.29, 1.82) is 0 Å². The Labute approximate surface area is 97.0 Å². The van der Waals surface area contributed by atoms with Crippen LogP contribution in [-0.4, -0.2) is 18.8 Å². The SMILES string of the molecule is COc1c(Cl)cc(Br)cc1CCCO. The van der Waals surface area contributed by atoms with Crippen LogP contribution in [0.5, 0.6) is 5.75 Å². The zero-order valence-corrected chi connectivity index (χ0v) is 10.2. The van der Waals surface area contributed by atoms with E-state index in [1.54, 1.807) is 13.2 Å². The quantitative estimate of drug-likeness (QED) is 0.918. The Morgan fingerprint density at radius 3 is 2.79 bits per heavy atom. The molecule has 1 aromatic rings. The molecule has 0 spiro atoms. The van der Waals surface area contributed by atoms with Gasteiger partial charge in [0.1, 0.15) is 5.75 Å². The van der Waals surface area contributed by atoms with E-state index in [1.165, 1.54) is 0 Å². The van der Waals surface area contributed by atoms with Crippen molar-refractivity contribution in [3.63, 3.8) is 0 Å². The molecule has 0 heterocycles. The Bertz CT molecular complexity index is 315. The first kappa shape index (κ1) is 11.8. The Balaban J connectivity index is 2.99. The average Bonchev–Trinajstić information content (AvgIpc) is 2.14. The topological polar surface area (TPSA) is 29.5 Å². The molecule has 0 atom stereocenters. The largest absolute Gasteiger partial charge is 0.495 e. The summed E-state index contributed by atoms with van der Waals surface area (Å²) in [6.07, 6.45) is 1.47. The van der Waals surface area contributed by atoms with E-state index in [1.807, 2.05) is 6.07 Å². The van der Waals surface area contributed by atoms with Gasteiger partial charge in [-0.3, -0.25) is 0 Å². The summed E-state index contributed by atoms with van der Waals surface area (Å²) in [6, 6.07) is 3.75. The summed E-state index contributed by atoms with van der Waals surface area (Å²) in [5.74, 6) is 0.698. The van der Waals surface area contributed by atoms with Gasteiger partial charge in [-0.2, -0.15) is 0 Å². The highest BCUT2D eigenvalue weighted by Crippen LogP contribution is 2.32. The van der Waals surface area contributed by atoms with Crippen LogP contribution in [0.25, 0.3) is 0 Å². The normalized spacial score (nSPS) is 10.3. The molecule has 0 amide bonds. The lowest BCUT2D eigenvalue weighted by atomic mass is 10.1. The molecule has 0 bridgehead atoms. The van der Waals surface area contributed by atoms with Crippen molar-refractivity contribution < 1.29 is 9.84 Å². The standard InChI is InChI=1S/C10H12BrClO2/c1-14-10-7(3-2-4-13)5-8(11)6-9(10)12/h5-6,13H,2-4H2,1H3. The number of halogens is 2. The van der Waals surface area contributed by atoms with Gasteiger partial charge in [0.2, 0.25) is 0 Å². The number of hydrogen-bond acceptors (Lipinski definition) is 2. The van der Waals surface area contributed by atoms with Crippen LogP contribution in [0, 0.1) is 0 Å². The number of benzene rings is 1. The van der Waals surface area contributed by atoms with Gasteiger partial charge in [0.25, 0.3) is 0 Å². The second-order valence-electron chi connectivity index (χ2n) is 2.91. The Kier molecular flexibility index (Phi) is 4.72. The van der Waals surface area contributed by atoms with E-state index in [9.17, 15) is 0 Å². The molecule has 0 saturated carbocycles. The molecule has 0 saturated heterocycles. The summed E-state index contributed by atoms with van der Waals surface area (Å²) in [6.45, 7) is 0.174. The lowest BCUT2D eigenvalue weighted by molar-refractivity contribution is 0.287. The van der Waals surface area contributed by atoms with Gasteiger partial charge in [0.05, 0.1) is 12.1 Å². The van der Waals surface area contributed by atoms with E-state index >= 15 is 0 Å². The highest BCUT2D eigenvalue weighted by Gasteiger charge is 2.08. The first-order valence-electron chi connectivity index (χ1n) is 4.31. The van der Waals surface area contributed by atoms with E-state index in [0.29, 0.717) is 17.2 Å². The number of aryl methyl sites for hydroxylation is 1. The molecule has 0 fully saturated rings. The Morgan fingerprint density at radius 1 is 1.50 bits per heavy atom. The molecule has 0 unspecified atom stereocenters. The predicted octanol–water partition coefficient (Wildman–Crippen LogP) is 3.04. The number of methoxy groups -OCH3 is 1. The van der Waals surface area contributed by atoms with Gasteiger partial charge in [-0.05, 0) is 30.5 Å². The Morgan fingerprint density at radius 2 is 2.21 bits per heavy atom. The molecule has 0 aromatic heterocycles. The molecule has 1 N–H and O–H groups in total. The zero-order valence-electron chi connectivity index (χ0n) is 7.89. The first-order valence-corrected chi connectivity index (χ1v) is 5.49. The van der Waals surface area contributed by atoms with Crippen LogP contribution in [-0.2, 0) is 6.42 Å². The summed E-state index contributed by atoms with van der Waals surface area (Å²) in [5, 5.41) is 9.34. The molecular formula is C10H12BrClO2. The van der Waals surface area contributed by atoms with E-state index in [0.717, 1.165) is 16.5 Å². The van der Waals surface area contributed by atoms with Crippen molar-refractivity contribution in [2.24, 2.45) is 0 Å². The molecule has 0 aliphatic heterocycles. The highest BCUT2D eigenvalue weighted by atomic mass is 79.9. The summed E-state index contributed by atoms with van der Waals surface area (Å²) in [5.41, 5.74) is 1.01. The van der Waals surface area contributed by atoms with Crippen molar-refractivity contribution >= 4 is 27.5 Å². The minimum Gasteiger partial charge on any atom is -0.495 e. The first-order chi connectivity index (χ1) is 6.69. The van der Waals surface area contributed by atoms with Gasteiger partial charge >= 0.3 is 0 Å². The van der Waals surface area contributed by atoms with Crippen LogP contribution < -0.4 is 4.74 Å². The summed E-state index contributed by atoms with van der Waals surface area (Å²) < 4.78 is 6.12. The predicted molar refractivity (Wildman–Crippen MR) is 61.1 cm³/mol. The third kappa shape index (κ3) is 2.87. The van der Waals surface area contributed by atoms with Crippen molar-refractivity contribution in [3.8, 4) is 5.75 Å². The molecule has 0 aliphatic rings. The van der Waals surface area contributed by atoms with Crippen molar-refractivity contribution in [1.82, 2.24) is 0 Å². The molecular weight excluding hydrogens is 267 g/mol. The molecule has 4 heteroatoms. The number of ether oxygens (including phenoxy) is 1. The highest BCUT2D eigenvalue weighted by molar-refractivity contribution is 9.10. The van der Waals surface area contributed by atoms with Crippen LogP contribution in [0.2, 0.25) is 5.02 Å². The van der Waals surface area contributed by atoms with Gasteiger partial charge in [-0.1, -0.05) is 27.5 Å². The fourth-order valence-electron chi connectivity index (χ4n) is 1.30. The molecule has 1 rings (SSSR count). The molecule has 14 heavy (non-hydrogen) atoms.